The largest absolute Gasteiger partial charge is 0.504 e. The van der Waals surface area contributed by atoms with Gasteiger partial charge in [0.1, 0.15) is 0 Å². The SMILES string of the molecule is O=C(c1cccc(O)c1O)N1CCCCN(C(=O)c2cccc(O)c2O)CCCN(C(=O)c2cccc(O)c2O)CCC1. The Labute approximate surface area is 248 Å². The molecule has 1 aliphatic rings. The Kier molecular flexibility index (Phi) is 9.81. The molecule has 1 aliphatic heterocycles. The third-order valence-electron chi connectivity index (χ3n) is 7.42. The lowest BCUT2D eigenvalue weighted by molar-refractivity contribution is 0.0709. The number of phenols is 6. The van der Waals surface area contributed by atoms with Crippen LogP contribution < -0.4 is 0 Å². The summed E-state index contributed by atoms with van der Waals surface area (Å²) in [5.74, 6) is -4.48. The molecule has 0 radical (unpaired) electrons. The first kappa shape index (κ1) is 30.8. The summed E-state index contributed by atoms with van der Waals surface area (Å²) in [5.41, 5.74) is -0.240. The lowest BCUT2D eigenvalue weighted by atomic mass is 10.1. The second-order valence-electron chi connectivity index (χ2n) is 10.3. The second-order valence-corrected chi connectivity index (χ2v) is 10.3. The number of benzene rings is 3. The van der Waals surface area contributed by atoms with Gasteiger partial charge in [-0.15, -0.1) is 0 Å². The quantitative estimate of drug-likeness (QED) is 0.248. The first-order valence-electron chi connectivity index (χ1n) is 14.0. The zero-order valence-corrected chi connectivity index (χ0v) is 23.5. The van der Waals surface area contributed by atoms with Gasteiger partial charge in [0.15, 0.2) is 34.5 Å². The molecule has 12 heteroatoms. The fourth-order valence-corrected chi connectivity index (χ4v) is 5.08. The molecule has 6 N–H and O–H groups in total. The van der Waals surface area contributed by atoms with Gasteiger partial charge >= 0.3 is 0 Å². The molecule has 0 unspecified atom stereocenters. The van der Waals surface area contributed by atoms with Gasteiger partial charge in [-0.25, -0.2) is 0 Å². The van der Waals surface area contributed by atoms with Crippen LogP contribution >= 0.6 is 0 Å². The van der Waals surface area contributed by atoms with Gasteiger partial charge in [0.25, 0.3) is 17.7 Å². The van der Waals surface area contributed by atoms with Crippen molar-refractivity contribution in [2.45, 2.75) is 25.7 Å². The Morgan fingerprint density at radius 1 is 0.419 bits per heavy atom. The van der Waals surface area contributed by atoms with E-state index in [1.807, 2.05) is 0 Å². The van der Waals surface area contributed by atoms with Crippen LogP contribution in [0.5, 0.6) is 34.5 Å². The van der Waals surface area contributed by atoms with Crippen molar-refractivity contribution in [3.05, 3.63) is 71.3 Å². The first-order chi connectivity index (χ1) is 20.6. The Bertz CT molecular complexity index is 1410. The minimum absolute atomic E-state index is 0.0712. The van der Waals surface area contributed by atoms with Crippen molar-refractivity contribution in [2.24, 2.45) is 0 Å². The topological polar surface area (TPSA) is 182 Å². The van der Waals surface area contributed by atoms with Gasteiger partial charge in [-0.2, -0.15) is 0 Å². The van der Waals surface area contributed by atoms with Crippen LogP contribution in [0.15, 0.2) is 54.6 Å². The molecule has 0 saturated carbocycles. The third kappa shape index (κ3) is 7.03. The molecule has 228 valence electrons. The molecule has 1 heterocycles. The van der Waals surface area contributed by atoms with E-state index in [4.69, 9.17) is 0 Å². The van der Waals surface area contributed by atoms with Crippen molar-refractivity contribution in [1.29, 1.82) is 0 Å². The molecule has 12 nitrogen and oxygen atoms in total. The predicted octanol–water partition coefficient (Wildman–Crippen LogP) is 3.22. The van der Waals surface area contributed by atoms with Crippen LogP contribution in [0.1, 0.15) is 56.8 Å². The number of phenolic OH excluding ortho intramolecular Hbond substituents is 6. The second kappa shape index (κ2) is 13.7. The number of nitrogens with zero attached hydrogens (tertiary/aromatic N) is 3. The van der Waals surface area contributed by atoms with Crippen LogP contribution in [0.3, 0.4) is 0 Å². The smallest absolute Gasteiger partial charge is 0.257 e. The van der Waals surface area contributed by atoms with E-state index in [0.717, 1.165) is 0 Å². The van der Waals surface area contributed by atoms with E-state index in [1.165, 1.54) is 69.3 Å². The maximum Gasteiger partial charge on any atom is 0.257 e. The third-order valence-corrected chi connectivity index (χ3v) is 7.42. The summed E-state index contributed by atoms with van der Waals surface area (Å²) < 4.78 is 0. The first-order valence-corrected chi connectivity index (χ1v) is 14.0. The molecule has 0 spiro atoms. The standard InChI is InChI=1S/C31H35N3O9/c35-23-11-3-8-20(26(23)38)29(41)32-14-1-2-15-33(30(42)21-9-4-12-24(36)27(21)39)17-7-19-34(18-6-16-32)31(43)22-10-5-13-25(37)28(22)40/h3-5,8-13,35-40H,1-2,6-7,14-19H2. The molecule has 1 saturated heterocycles. The van der Waals surface area contributed by atoms with Crippen LogP contribution in [0.4, 0.5) is 0 Å². The molecule has 43 heavy (non-hydrogen) atoms. The summed E-state index contributed by atoms with van der Waals surface area (Å²) in [5, 5.41) is 60.7. The average molecular weight is 594 g/mol. The number of carbonyl (C=O) groups excluding carboxylic acids is 3. The molecule has 3 amide bonds. The zero-order chi connectivity index (χ0) is 31.1. The van der Waals surface area contributed by atoms with Gasteiger partial charge in [-0.1, -0.05) is 18.2 Å². The minimum atomic E-state index is -0.553. The summed E-state index contributed by atoms with van der Waals surface area (Å²) in [6.45, 7) is 1.28. The van der Waals surface area contributed by atoms with E-state index in [-0.39, 0.29) is 56.0 Å². The number of amides is 3. The molecule has 0 aromatic heterocycles. The Morgan fingerprint density at radius 3 is 0.953 bits per heavy atom. The highest BCUT2D eigenvalue weighted by atomic mass is 16.3. The summed E-state index contributed by atoms with van der Waals surface area (Å²) in [7, 11) is 0. The van der Waals surface area contributed by atoms with E-state index in [1.54, 1.807) is 0 Å². The van der Waals surface area contributed by atoms with Gasteiger partial charge in [0.05, 0.1) is 16.7 Å². The van der Waals surface area contributed by atoms with Crippen LogP contribution in [0.25, 0.3) is 0 Å². The van der Waals surface area contributed by atoms with Crippen LogP contribution in [0.2, 0.25) is 0 Å². The zero-order valence-electron chi connectivity index (χ0n) is 23.5. The van der Waals surface area contributed by atoms with Crippen molar-refractivity contribution in [3.8, 4) is 34.5 Å². The Hall–Kier alpha value is -5.13. The van der Waals surface area contributed by atoms with Gasteiger partial charge in [0, 0.05) is 39.3 Å². The van der Waals surface area contributed by atoms with Crippen LogP contribution in [0, 0.1) is 0 Å². The number of carbonyl (C=O) groups is 3. The van der Waals surface area contributed by atoms with E-state index >= 15 is 0 Å². The molecule has 0 aliphatic carbocycles. The monoisotopic (exact) mass is 593 g/mol. The van der Waals surface area contributed by atoms with E-state index < -0.39 is 52.2 Å². The molecular weight excluding hydrogens is 558 g/mol. The van der Waals surface area contributed by atoms with E-state index in [9.17, 15) is 45.0 Å². The number of para-hydroxylation sites is 3. The van der Waals surface area contributed by atoms with Crippen molar-refractivity contribution < 1.29 is 45.0 Å². The maximum absolute atomic E-state index is 13.5. The van der Waals surface area contributed by atoms with E-state index in [2.05, 4.69) is 0 Å². The van der Waals surface area contributed by atoms with Crippen molar-refractivity contribution >= 4 is 17.7 Å². The molecule has 3 aromatic rings. The van der Waals surface area contributed by atoms with Crippen LogP contribution in [-0.2, 0) is 0 Å². The van der Waals surface area contributed by atoms with Crippen molar-refractivity contribution in [3.63, 3.8) is 0 Å². The van der Waals surface area contributed by atoms with Gasteiger partial charge in [-0.3, -0.25) is 14.4 Å². The summed E-state index contributed by atoms with van der Waals surface area (Å²) in [6, 6.07) is 12.3. The van der Waals surface area contributed by atoms with Crippen molar-refractivity contribution in [2.75, 3.05) is 39.3 Å². The summed E-state index contributed by atoms with van der Waals surface area (Å²) >= 11 is 0. The van der Waals surface area contributed by atoms with Crippen LogP contribution in [-0.4, -0.2) is 102 Å². The highest BCUT2D eigenvalue weighted by Crippen LogP contribution is 2.32. The van der Waals surface area contributed by atoms with Gasteiger partial charge < -0.3 is 45.3 Å². The van der Waals surface area contributed by atoms with Gasteiger partial charge in [0.2, 0.25) is 0 Å². The molecule has 4 rings (SSSR count). The van der Waals surface area contributed by atoms with E-state index in [0.29, 0.717) is 25.7 Å². The fourth-order valence-electron chi connectivity index (χ4n) is 5.08. The fraction of sp³-hybridized carbons (Fsp3) is 0.323. The molecule has 0 atom stereocenters. The molecule has 3 aromatic carbocycles. The minimum Gasteiger partial charge on any atom is -0.504 e. The highest BCUT2D eigenvalue weighted by molar-refractivity contribution is 5.99. The van der Waals surface area contributed by atoms with Crippen molar-refractivity contribution in [1.82, 2.24) is 14.7 Å². The molecular formula is C31H35N3O9. The summed E-state index contributed by atoms with van der Waals surface area (Å²) in [6.07, 6.45) is 1.66. The average Bonchev–Trinajstić information content (AvgIpc) is 3.01. The lowest BCUT2D eigenvalue weighted by Crippen LogP contribution is -2.38. The Morgan fingerprint density at radius 2 is 0.674 bits per heavy atom. The summed E-state index contributed by atoms with van der Waals surface area (Å²) in [4.78, 5) is 44.8. The number of hydrogen-bond acceptors (Lipinski definition) is 9. The normalized spacial score (nSPS) is 15.2. The number of hydrogen-bond donors (Lipinski definition) is 6. The number of rotatable bonds is 3. The highest BCUT2D eigenvalue weighted by Gasteiger charge is 2.26. The molecule has 0 bridgehead atoms. The molecule has 1 fully saturated rings. The van der Waals surface area contributed by atoms with Gasteiger partial charge in [-0.05, 0) is 62.1 Å². The predicted molar refractivity (Wildman–Crippen MR) is 155 cm³/mol. The number of aromatic hydroxyl groups is 6. The lowest BCUT2D eigenvalue weighted by Gasteiger charge is -2.27. The maximum atomic E-state index is 13.5. The Balaban J connectivity index is 1.61.